The van der Waals surface area contributed by atoms with E-state index in [2.05, 4.69) is 4.42 Å². The molecule has 0 radical (unpaired) electrons. The molecule has 3 nitrogen and oxygen atoms in total. The van der Waals surface area contributed by atoms with Gasteiger partial charge in [0.2, 0.25) is 5.76 Å². The Hall–Kier alpha value is -1.43. The summed E-state index contributed by atoms with van der Waals surface area (Å²) in [6.07, 6.45) is 1.15. The van der Waals surface area contributed by atoms with E-state index in [4.69, 9.17) is 10.4 Å². The van der Waals surface area contributed by atoms with Gasteiger partial charge in [0.05, 0.1) is 0 Å². The van der Waals surface area contributed by atoms with Crippen molar-refractivity contribution in [3.05, 3.63) is 17.6 Å². The van der Waals surface area contributed by atoms with Gasteiger partial charge in [-0.2, -0.15) is 5.26 Å². The largest absolute Gasteiger partial charge is 0.504 e. The van der Waals surface area contributed by atoms with Crippen LogP contribution < -0.4 is 0 Å². The number of hydrogen-bond acceptors (Lipinski definition) is 3. The Morgan fingerprint density at radius 2 is 2.44 bits per heavy atom. The van der Waals surface area contributed by atoms with Crippen molar-refractivity contribution in [2.24, 2.45) is 0 Å². The molecule has 0 unspecified atom stereocenters. The quantitative estimate of drug-likeness (QED) is 0.563. The van der Waals surface area contributed by atoms with Gasteiger partial charge in [-0.25, -0.2) is 0 Å². The van der Waals surface area contributed by atoms with Crippen LogP contribution in [0.5, 0.6) is 5.75 Å². The Bertz CT molecular complexity index is 257. The van der Waals surface area contributed by atoms with Crippen LogP contribution in [0.2, 0.25) is 0 Å². The highest BCUT2D eigenvalue weighted by atomic mass is 16.4. The van der Waals surface area contributed by atoms with Gasteiger partial charge in [0, 0.05) is 5.56 Å². The van der Waals surface area contributed by atoms with E-state index in [0.717, 1.165) is 6.26 Å². The first kappa shape index (κ1) is 5.70. The van der Waals surface area contributed by atoms with Gasteiger partial charge >= 0.3 is 0 Å². The highest BCUT2D eigenvalue weighted by Crippen LogP contribution is 2.20. The summed E-state index contributed by atoms with van der Waals surface area (Å²) in [6.45, 7) is 1.62. The molecule has 0 aliphatic rings. The molecule has 0 amide bonds. The molecule has 0 saturated carbocycles. The second-order valence-corrected chi connectivity index (χ2v) is 1.69. The number of aromatic hydroxyl groups is 1. The molecule has 0 fully saturated rings. The highest BCUT2D eigenvalue weighted by molar-refractivity contribution is 5.37. The van der Waals surface area contributed by atoms with Crippen LogP contribution in [0.1, 0.15) is 11.3 Å². The molecular weight excluding hydrogens is 118 g/mol. The van der Waals surface area contributed by atoms with Crippen LogP contribution in [-0.2, 0) is 0 Å². The molecule has 0 atom stereocenters. The van der Waals surface area contributed by atoms with Crippen molar-refractivity contribution in [3.63, 3.8) is 0 Å². The predicted octanol–water partition coefficient (Wildman–Crippen LogP) is 1.17. The predicted molar refractivity (Wildman–Crippen MR) is 29.8 cm³/mol. The maximum Gasteiger partial charge on any atom is 0.210 e. The third-order valence-electron chi connectivity index (χ3n) is 1.11. The van der Waals surface area contributed by atoms with E-state index in [0.29, 0.717) is 5.56 Å². The lowest BCUT2D eigenvalue weighted by molar-refractivity contribution is 0.455. The average Bonchev–Trinajstić information content (AvgIpc) is 2.15. The summed E-state index contributed by atoms with van der Waals surface area (Å²) in [4.78, 5) is 0. The monoisotopic (exact) mass is 123 g/mol. The van der Waals surface area contributed by atoms with Crippen LogP contribution in [0.4, 0.5) is 0 Å². The zero-order valence-corrected chi connectivity index (χ0v) is 4.88. The summed E-state index contributed by atoms with van der Waals surface area (Å²) in [5.74, 6) is 0.207. The fraction of sp³-hybridized carbons (Fsp3) is 0.167. The second-order valence-electron chi connectivity index (χ2n) is 1.69. The van der Waals surface area contributed by atoms with Gasteiger partial charge in [-0.1, -0.05) is 0 Å². The summed E-state index contributed by atoms with van der Waals surface area (Å²) in [5, 5.41) is 17.1. The summed E-state index contributed by atoms with van der Waals surface area (Å²) < 4.78 is 4.63. The summed E-state index contributed by atoms with van der Waals surface area (Å²) in [6, 6.07) is 1.79. The Labute approximate surface area is 52.1 Å². The normalized spacial score (nSPS) is 8.89. The summed E-state index contributed by atoms with van der Waals surface area (Å²) >= 11 is 0. The van der Waals surface area contributed by atoms with E-state index in [9.17, 15) is 0 Å². The van der Waals surface area contributed by atoms with Crippen molar-refractivity contribution < 1.29 is 9.52 Å². The van der Waals surface area contributed by atoms with Crippen LogP contribution in [0.15, 0.2) is 10.7 Å². The average molecular weight is 123 g/mol. The Morgan fingerprint density at radius 3 is 2.67 bits per heavy atom. The Balaban J connectivity index is 3.24. The van der Waals surface area contributed by atoms with Gasteiger partial charge in [0.15, 0.2) is 5.75 Å². The van der Waals surface area contributed by atoms with Crippen molar-refractivity contribution >= 4 is 0 Å². The van der Waals surface area contributed by atoms with Gasteiger partial charge in [0.25, 0.3) is 0 Å². The van der Waals surface area contributed by atoms with Crippen molar-refractivity contribution in [3.8, 4) is 11.8 Å². The molecule has 0 bridgehead atoms. The minimum absolute atomic E-state index is 0.0338. The van der Waals surface area contributed by atoms with Gasteiger partial charge in [-0.3, -0.25) is 0 Å². The number of nitrogens with zero attached hydrogens (tertiary/aromatic N) is 1. The molecule has 1 aromatic heterocycles. The number of rotatable bonds is 0. The van der Waals surface area contributed by atoms with Crippen molar-refractivity contribution in [2.75, 3.05) is 0 Å². The topological polar surface area (TPSA) is 57.2 Å². The minimum atomic E-state index is 0.0338. The molecular formula is C6H5NO2. The smallest absolute Gasteiger partial charge is 0.210 e. The first-order valence-corrected chi connectivity index (χ1v) is 2.43. The number of furan rings is 1. The van der Waals surface area contributed by atoms with E-state index in [1.807, 2.05) is 0 Å². The van der Waals surface area contributed by atoms with Gasteiger partial charge in [-0.05, 0) is 6.92 Å². The minimum Gasteiger partial charge on any atom is -0.504 e. The molecule has 0 aromatic carbocycles. The first-order chi connectivity index (χ1) is 4.25. The highest BCUT2D eigenvalue weighted by Gasteiger charge is 2.05. The lowest BCUT2D eigenvalue weighted by atomic mass is 10.3. The summed E-state index contributed by atoms with van der Waals surface area (Å²) in [5.41, 5.74) is 0.498. The molecule has 46 valence electrons. The molecule has 9 heavy (non-hydrogen) atoms. The first-order valence-electron chi connectivity index (χ1n) is 2.43. The Kier molecular flexibility index (Phi) is 1.16. The number of hydrogen-bond donors (Lipinski definition) is 1. The zero-order chi connectivity index (χ0) is 6.85. The van der Waals surface area contributed by atoms with Crippen LogP contribution >= 0.6 is 0 Å². The second kappa shape index (κ2) is 1.82. The molecule has 1 heterocycles. The van der Waals surface area contributed by atoms with E-state index >= 15 is 0 Å². The lowest BCUT2D eigenvalue weighted by Gasteiger charge is -1.80. The third-order valence-corrected chi connectivity index (χ3v) is 1.11. The fourth-order valence-corrected chi connectivity index (χ4v) is 0.518. The molecule has 1 aromatic rings. The van der Waals surface area contributed by atoms with E-state index in [1.54, 1.807) is 13.0 Å². The van der Waals surface area contributed by atoms with Gasteiger partial charge in [0.1, 0.15) is 12.3 Å². The van der Waals surface area contributed by atoms with Gasteiger partial charge in [-0.15, -0.1) is 0 Å². The van der Waals surface area contributed by atoms with Crippen LogP contribution in [-0.4, -0.2) is 5.11 Å². The molecule has 0 aliphatic heterocycles. The van der Waals surface area contributed by atoms with Crippen molar-refractivity contribution in [1.29, 1.82) is 5.26 Å². The lowest BCUT2D eigenvalue weighted by Crippen LogP contribution is -1.69. The molecule has 3 heteroatoms. The number of nitriles is 1. The van der Waals surface area contributed by atoms with Crippen LogP contribution in [0.3, 0.4) is 0 Å². The van der Waals surface area contributed by atoms with Crippen molar-refractivity contribution in [1.82, 2.24) is 0 Å². The fourth-order valence-electron chi connectivity index (χ4n) is 0.518. The van der Waals surface area contributed by atoms with Crippen LogP contribution in [0.25, 0.3) is 0 Å². The molecule has 1 rings (SSSR count). The standard InChI is InChI=1S/C6H5NO2/c1-4-5(8)3-9-6(4)2-7/h3,8H,1H3. The third kappa shape index (κ3) is 0.745. The molecule has 1 N–H and O–H groups in total. The van der Waals surface area contributed by atoms with Crippen LogP contribution in [0, 0.1) is 18.3 Å². The van der Waals surface area contributed by atoms with E-state index in [-0.39, 0.29) is 11.5 Å². The maximum atomic E-state index is 8.83. The van der Waals surface area contributed by atoms with Gasteiger partial charge < -0.3 is 9.52 Å². The van der Waals surface area contributed by atoms with E-state index < -0.39 is 0 Å². The summed E-state index contributed by atoms with van der Waals surface area (Å²) in [7, 11) is 0. The molecule has 0 aliphatic carbocycles. The molecule has 0 spiro atoms. The van der Waals surface area contributed by atoms with E-state index in [1.165, 1.54) is 0 Å². The zero-order valence-electron chi connectivity index (χ0n) is 4.88. The Morgan fingerprint density at radius 1 is 1.78 bits per heavy atom. The van der Waals surface area contributed by atoms with Crippen molar-refractivity contribution in [2.45, 2.75) is 6.92 Å². The maximum absolute atomic E-state index is 8.83. The SMILES string of the molecule is Cc1c(O)coc1C#N. The molecule has 0 saturated heterocycles.